The Morgan fingerprint density at radius 2 is 1.73 bits per heavy atom. The second kappa shape index (κ2) is 7.36. The Bertz CT molecular complexity index is 742. The Morgan fingerprint density at radius 3 is 2.31 bits per heavy atom. The van der Waals surface area contributed by atoms with Crippen molar-refractivity contribution in [3.05, 3.63) is 53.3 Å². The van der Waals surface area contributed by atoms with Gasteiger partial charge < -0.3 is 14.2 Å². The molecular weight excluding hydrogens is 332 g/mol. The summed E-state index contributed by atoms with van der Waals surface area (Å²) in [6.45, 7) is 5.80. The SMILES string of the molecule is CCOC(=O)C1(C(=O)OCC)CC2=C(C)OC(c3ccccc3)=CC2C1. The fraction of sp³-hybridized carbons (Fsp3) is 0.429. The van der Waals surface area contributed by atoms with Crippen LogP contribution in [-0.2, 0) is 23.8 Å². The van der Waals surface area contributed by atoms with E-state index in [-0.39, 0.29) is 25.6 Å². The van der Waals surface area contributed by atoms with Gasteiger partial charge in [-0.05, 0) is 45.3 Å². The molecule has 5 nitrogen and oxygen atoms in total. The molecule has 1 aromatic rings. The average Bonchev–Trinajstić information content (AvgIpc) is 3.04. The summed E-state index contributed by atoms with van der Waals surface area (Å²) in [5.41, 5.74) is 0.640. The molecule has 1 fully saturated rings. The molecule has 0 radical (unpaired) electrons. The highest BCUT2D eigenvalue weighted by Gasteiger charge is 2.56. The first-order chi connectivity index (χ1) is 12.5. The normalized spacial score (nSPS) is 20.7. The quantitative estimate of drug-likeness (QED) is 0.592. The maximum absolute atomic E-state index is 12.7. The van der Waals surface area contributed by atoms with E-state index in [1.165, 1.54) is 0 Å². The molecule has 2 aliphatic rings. The van der Waals surface area contributed by atoms with Crippen molar-refractivity contribution >= 4 is 17.7 Å². The second-order valence-electron chi connectivity index (χ2n) is 6.59. The van der Waals surface area contributed by atoms with Gasteiger partial charge in [-0.25, -0.2) is 0 Å². The minimum Gasteiger partial charge on any atom is -0.465 e. The first-order valence-corrected chi connectivity index (χ1v) is 9.01. The fourth-order valence-corrected chi connectivity index (χ4v) is 3.71. The Balaban J connectivity index is 1.96. The van der Waals surface area contributed by atoms with Gasteiger partial charge in [-0.3, -0.25) is 9.59 Å². The lowest BCUT2D eigenvalue weighted by atomic mass is 9.85. The van der Waals surface area contributed by atoms with Gasteiger partial charge in [0.25, 0.3) is 0 Å². The van der Waals surface area contributed by atoms with Crippen molar-refractivity contribution in [1.82, 2.24) is 0 Å². The van der Waals surface area contributed by atoms with Crippen LogP contribution in [-0.4, -0.2) is 25.2 Å². The summed E-state index contributed by atoms with van der Waals surface area (Å²) in [5, 5.41) is 0. The lowest BCUT2D eigenvalue weighted by molar-refractivity contribution is -0.171. The summed E-state index contributed by atoms with van der Waals surface area (Å²) in [5.74, 6) is 0.422. The third kappa shape index (κ3) is 3.14. The van der Waals surface area contributed by atoms with E-state index in [1.807, 2.05) is 43.3 Å². The maximum Gasteiger partial charge on any atom is 0.323 e. The molecule has 0 saturated heterocycles. The molecular formula is C21H24O5. The number of allylic oxidation sites excluding steroid dienone is 3. The fourth-order valence-electron chi connectivity index (χ4n) is 3.71. The predicted octanol–water partition coefficient (Wildman–Crippen LogP) is 3.85. The van der Waals surface area contributed by atoms with Crippen LogP contribution in [0.15, 0.2) is 47.7 Å². The van der Waals surface area contributed by atoms with E-state index in [2.05, 4.69) is 0 Å². The van der Waals surface area contributed by atoms with Crippen molar-refractivity contribution < 1.29 is 23.8 Å². The summed E-state index contributed by atoms with van der Waals surface area (Å²) in [7, 11) is 0. The largest absolute Gasteiger partial charge is 0.465 e. The molecule has 0 N–H and O–H groups in total. The van der Waals surface area contributed by atoms with Crippen molar-refractivity contribution in [1.29, 1.82) is 0 Å². The third-order valence-electron chi connectivity index (χ3n) is 4.97. The Morgan fingerprint density at radius 1 is 1.12 bits per heavy atom. The van der Waals surface area contributed by atoms with E-state index in [4.69, 9.17) is 14.2 Å². The van der Waals surface area contributed by atoms with Crippen molar-refractivity contribution in [3.8, 4) is 0 Å². The van der Waals surface area contributed by atoms with Crippen LogP contribution in [0.2, 0.25) is 0 Å². The van der Waals surface area contributed by atoms with Crippen molar-refractivity contribution in [2.24, 2.45) is 11.3 Å². The molecule has 1 heterocycles. The van der Waals surface area contributed by atoms with Crippen LogP contribution in [0.1, 0.15) is 39.2 Å². The molecule has 3 rings (SSSR count). The lowest BCUT2D eigenvalue weighted by Crippen LogP contribution is -2.40. The van der Waals surface area contributed by atoms with Gasteiger partial charge in [0.1, 0.15) is 11.5 Å². The number of hydrogen-bond donors (Lipinski definition) is 0. The minimum atomic E-state index is -1.29. The number of fused-ring (bicyclic) bond motifs is 1. The van der Waals surface area contributed by atoms with Gasteiger partial charge in [0.2, 0.25) is 0 Å². The molecule has 1 unspecified atom stereocenters. The van der Waals surface area contributed by atoms with Crippen molar-refractivity contribution in [2.75, 3.05) is 13.2 Å². The number of rotatable bonds is 5. The molecule has 0 bridgehead atoms. The molecule has 0 spiro atoms. The van der Waals surface area contributed by atoms with Crippen LogP contribution in [0.5, 0.6) is 0 Å². The van der Waals surface area contributed by atoms with E-state index in [1.54, 1.807) is 13.8 Å². The summed E-state index contributed by atoms with van der Waals surface area (Å²) in [4.78, 5) is 25.4. The highest BCUT2D eigenvalue weighted by molar-refractivity contribution is 6.01. The topological polar surface area (TPSA) is 61.8 Å². The van der Waals surface area contributed by atoms with Gasteiger partial charge in [-0.15, -0.1) is 0 Å². The van der Waals surface area contributed by atoms with Crippen molar-refractivity contribution in [2.45, 2.75) is 33.6 Å². The highest BCUT2D eigenvalue weighted by Crippen LogP contribution is 2.51. The summed E-state index contributed by atoms with van der Waals surface area (Å²) >= 11 is 0. The first kappa shape index (κ1) is 18.2. The molecule has 1 aliphatic carbocycles. The first-order valence-electron chi connectivity index (χ1n) is 9.01. The number of carbonyl (C=O) groups is 2. The molecule has 1 atom stereocenters. The molecule has 1 aromatic carbocycles. The zero-order valence-electron chi connectivity index (χ0n) is 15.4. The number of carbonyl (C=O) groups excluding carboxylic acids is 2. The van der Waals surface area contributed by atoms with E-state index in [0.717, 1.165) is 22.7 Å². The van der Waals surface area contributed by atoms with Crippen LogP contribution >= 0.6 is 0 Å². The van der Waals surface area contributed by atoms with Gasteiger partial charge in [0, 0.05) is 11.5 Å². The van der Waals surface area contributed by atoms with Crippen LogP contribution in [0.4, 0.5) is 0 Å². The summed E-state index contributed by atoms with van der Waals surface area (Å²) in [6, 6.07) is 9.80. The standard InChI is InChI=1S/C21H24O5/c1-4-24-19(22)21(20(23)25-5-2)12-16-11-18(15-9-7-6-8-10-15)26-14(3)17(16)13-21/h6-11,16H,4-5,12-13H2,1-3H3. The van der Waals surface area contributed by atoms with Crippen LogP contribution in [0.25, 0.3) is 5.76 Å². The molecule has 1 aliphatic heterocycles. The maximum atomic E-state index is 12.7. The van der Waals surface area contributed by atoms with Gasteiger partial charge in [0.15, 0.2) is 5.41 Å². The lowest BCUT2D eigenvalue weighted by Gasteiger charge is -2.23. The number of ether oxygens (including phenoxy) is 3. The van der Waals surface area contributed by atoms with Crippen LogP contribution in [0, 0.1) is 11.3 Å². The molecule has 0 aromatic heterocycles. The van der Waals surface area contributed by atoms with Gasteiger partial charge in [0.05, 0.1) is 13.2 Å². The molecule has 5 heteroatoms. The van der Waals surface area contributed by atoms with E-state index in [0.29, 0.717) is 6.42 Å². The summed E-state index contributed by atoms with van der Waals surface area (Å²) in [6.07, 6.45) is 2.62. The van der Waals surface area contributed by atoms with Crippen LogP contribution in [0.3, 0.4) is 0 Å². The Labute approximate surface area is 153 Å². The van der Waals surface area contributed by atoms with Crippen LogP contribution < -0.4 is 0 Å². The number of hydrogen-bond acceptors (Lipinski definition) is 5. The number of esters is 2. The van der Waals surface area contributed by atoms with Gasteiger partial charge in [-0.2, -0.15) is 0 Å². The zero-order valence-corrected chi connectivity index (χ0v) is 15.4. The van der Waals surface area contributed by atoms with Crippen molar-refractivity contribution in [3.63, 3.8) is 0 Å². The number of benzene rings is 1. The summed E-state index contributed by atoms with van der Waals surface area (Å²) < 4.78 is 16.4. The van der Waals surface area contributed by atoms with E-state index in [9.17, 15) is 9.59 Å². The molecule has 1 saturated carbocycles. The Hall–Kier alpha value is -2.56. The zero-order chi connectivity index (χ0) is 18.7. The third-order valence-corrected chi connectivity index (χ3v) is 4.97. The smallest absolute Gasteiger partial charge is 0.323 e. The molecule has 0 amide bonds. The van der Waals surface area contributed by atoms with Gasteiger partial charge in [-0.1, -0.05) is 30.3 Å². The second-order valence-corrected chi connectivity index (χ2v) is 6.59. The van der Waals surface area contributed by atoms with E-state index < -0.39 is 17.4 Å². The minimum absolute atomic E-state index is 0.0484. The molecule has 26 heavy (non-hydrogen) atoms. The van der Waals surface area contributed by atoms with E-state index >= 15 is 0 Å². The monoisotopic (exact) mass is 356 g/mol. The molecule has 138 valence electrons. The average molecular weight is 356 g/mol. The predicted molar refractivity (Wildman–Crippen MR) is 96.6 cm³/mol. The highest BCUT2D eigenvalue weighted by atomic mass is 16.6. The van der Waals surface area contributed by atoms with Gasteiger partial charge >= 0.3 is 11.9 Å². The Kier molecular flexibility index (Phi) is 5.16.